The summed E-state index contributed by atoms with van der Waals surface area (Å²) in [5.41, 5.74) is 5.27. The topological polar surface area (TPSA) is 72.2 Å². The van der Waals surface area contributed by atoms with Gasteiger partial charge in [0.25, 0.3) is 0 Å². The average Bonchev–Trinajstić information content (AvgIpc) is 2.37. The van der Waals surface area contributed by atoms with Crippen molar-refractivity contribution in [3.8, 4) is 0 Å². The van der Waals surface area contributed by atoms with Crippen molar-refractivity contribution in [2.24, 2.45) is 11.1 Å². The molecule has 0 aliphatic heterocycles. The van der Waals surface area contributed by atoms with Crippen LogP contribution in [0.25, 0.3) is 0 Å². The number of hydrogen-bond acceptors (Lipinski definition) is 3. The van der Waals surface area contributed by atoms with E-state index in [9.17, 15) is 12.8 Å². The van der Waals surface area contributed by atoms with E-state index in [-0.39, 0.29) is 20.9 Å². The minimum absolute atomic E-state index is 0.0315. The molecule has 0 atom stereocenters. The third-order valence-electron chi connectivity index (χ3n) is 4.31. The van der Waals surface area contributed by atoms with E-state index in [0.717, 1.165) is 31.7 Å². The minimum atomic E-state index is -3.84. The summed E-state index contributed by atoms with van der Waals surface area (Å²) in [5.74, 6) is -0.723. The van der Waals surface area contributed by atoms with Gasteiger partial charge < -0.3 is 5.73 Å². The van der Waals surface area contributed by atoms with Crippen LogP contribution in [0.15, 0.2) is 23.1 Å². The Bertz CT molecular complexity index is 649. The van der Waals surface area contributed by atoms with Crippen LogP contribution >= 0.6 is 12.2 Å². The standard InChI is InChI=1S/C14H19FN2O2S2/c1-2-14(7-4-8-14)9-17-21(18,19)11-6-3-5-10(15)12(11)13(16)20/h3,5-6,17H,2,4,7-9H2,1H3,(H2,16,20). The van der Waals surface area contributed by atoms with Crippen LogP contribution in [0, 0.1) is 11.2 Å². The Morgan fingerprint density at radius 2 is 2.14 bits per heavy atom. The Morgan fingerprint density at radius 1 is 1.48 bits per heavy atom. The fourth-order valence-electron chi connectivity index (χ4n) is 2.63. The second-order valence-electron chi connectivity index (χ2n) is 5.51. The second kappa shape index (κ2) is 5.98. The Kier molecular flexibility index (Phi) is 4.65. The first-order valence-electron chi connectivity index (χ1n) is 6.89. The SMILES string of the molecule is CCC1(CNS(=O)(=O)c2cccc(F)c2C(N)=S)CCC1. The zero-order valence-corrected chi connectivity index (χ0v) is 13.5. The number of benzene rings is 1. The monoisotopic (exact) mass is 330 g/mol. The van der Waals surface area contributed by atoms with Crippen molar-refractivity contribution in [2.75, 3.05) is 6.54 Å². The molecule has 1 aliphatic rings. The zero-order chi connectivity index (χ0) is 15.7. The summed E-state index contributed by atoms with van der Waals surface area (Å²) >= 11 is 4.77. The smallest absolute Gasteiger partial charge is 0.241 e. The van der Waals surface area contributed by atoms with Crippen LogP contribution in [-0.2, 0) is 10.0 Å². The number of thiocarbonyl (C=S) groups is 1. The molecule has 0 heterocycles. The molecular formula is C14H19FN2O2S2. The fraction of sp³-hybridized carbons (Fsp3) is 0.500. The summed E-state index contributed by atoms with van der Waals surface area (Å²) in [6, 6.07) is 3.80. The second-order valence-corrected chi connectivity index (χ2v) is 7.68. The van der Waals surface area contributed by atoms with Crippen molar-refractivity contribution in [3.05, 3.63) is 29.6 Å². The summed E-state index contributed by atoms with van der Waals surface area (Å²) in [6.07, 6.45) is 4.06. The van der Waals surface area contributed by atoms with Gasteiger partial charge in [-0.15, -0.1) is 0 Å². The first-order valence-corrected chi connectivity index (χ1v) is 8.78. The number of halogens is 1. The fourth-order valence-corrected chi connectivity index (χ4v) is 4.28. The number of rotatable bonds is 6. The first kappa shape index (κ1) is 16.3. The summed E-state index contributed by atoms with van der Waals surface area (Å²) in [4.78, 5) is -0.456. The van der Waals surface area contributed by atoms with Crippen LogP contribution in [0.1, 0.15) is 38.2 Å². The van der Waals surface area contributed by atoms with E-state index in [1.54, 1.807) is 0 Å². The van der Waals surface area contributed by atoms with E-state index in [1.165, 1.54) is 12.1 Å². The van der Waals surface area contributed by atoms with Gasteiger partial charge in [0.05, 0.1) is 10.5 Å². The van der Waals surface area contributed by atoms with Gasteiger partial charge in [0.1, 0.15) is 10.8 Å². The van der Waals surface area contributed by atoms with E-state index in [1.807, 2.05) is 0 Å². The third kappa shape index (κ3) is 3.25. The van der Waals surface area contributed by atoms with Gasteiger partial charge in [-0.3, -0.25) is 0 Å². The molecule has 1 aliphatic carbocycles. The summed E-state index contributed by atoms with van der Waals surface area (Å²) in [5, 5.41) is 0. The Balaban J connectivity index is 2.28. The van der Waals surface area contributed by atoms with Crippen LogP contribution in [-0.4, -0.2) is 20.0 Å². The molecular weight excluding hydrogens is 311 g/mol. The van der Waals surface area contributed by atoms with Gasteiger partial charge >= 0.3 is 0 Å². The molecule has 4 nitrogen and oxygen atoms in total. The van der Waals surface area contributed by atoms with E-state index in [4.69, 9.17) is 18.0 Å². The van der Waals surface area contributed by atoms with Gasteiger partial charge in [-0.2, -0.15) is 0 Å². The molecule has 0 unspecified atom stereocenters. The zero-order valence-electron chi connectivity index (χ0n) is 11.9. The average molecular weight is 330 g/mol. The Hall–Kier alpha value is -1.05. The van der Waals surface area contributed by atoms with Gasteiger partial charge in [-0.1, -0.05) is 31.6 Å². The van der Waals surface area contributed by atoms with Gasteiger partial charge in [0.2, 0.25) is 10.0 Å². The summed E-state index contributed by atoms with van der Waals surface area (Å²) in [6.45, 7) is 2.41. The van der Waals surface area contributed by atoms with Crippen molar-refractivity contribution < 1.29 is 12.8 Å². The molecule has 1 saturated carbocycles. The van der Waals surface area contributed by atoms with Crippen molar-refractivity contribution in [2.45, 2.75) is 37.5 Å². The lowest BCUT2D eigenvalue weighted by Crippen LogP contribution is -2.42. The Morgan fingerprint density at radius 3 is 2.62 bits per heavy atom. The highest BCUT2D eigenvalue weighted by molar-refractivity contribution is 7.89. The van der Waals surface area contributed by atoms with Crippen LogP contribution in [0.2, 0.25) is 0 Å². The predicted octanol–water partition coefficient (Wildman–Crippen LogP) is 2.32. The van der Waals surface area contributed by atoms with Gasteiger partial charge in [-0.25, -0.2) is 17.5 Å². The highest BCUT2D eigenvalue weighted by Gasteiger charge is 2.36. The van der Waals surface area contributed by atoms with Gasteiger partial charge in [-0.05, 0) is 36.8 Å². The van der Waals surface area contributed by atoms with E-state index >= 15 is 0 Å². The number of sulfonamides is 1. The number of nitrogens with two attached hydrogens (primary N) is 1. The molecule has 0 amide bonds. The largest absolute Gasteiger partial charge is 0.389 e. The lowest BCUT2D eigenvalue weighted by molar-refractivity contribution is 0.133. The van der Waals surface area contributed by atoms with Crippen molar-refractivity contribution >= 4 is 27.2 Å². The Labute approximate surface area is 130 Å². The maximum absolute atomic E-state index is 13.8. The highest BCUT2D eigenvalue weighted by Crippen LogP contribution is 2.43. The minimum Gasteiger partial charge on any atom is -0.389 e. The van der Waals surface area contributed by atoms with Gasteiger partial charge in [0, 0.05) is 6.54 Å². The van der Waals surface area contributed by atoms with Gasteiger partial charge in [0.15, 0.2) is 0 Å². The molecule has 116 valence electrons. The molecule has 0 aromatic heterocycles. The quantitative estimate of drug-likeness (QED) is 0.785. The third-order valence-corrected chi connectivity index (χ3v) is 5.96. The maximum Gasteiger partial charge on any atom is 0.241 e. The normalized spacial score (nSPS) is 17.2. The van der Waals surface area contributed by atoms with Crippen LogP contribution in [0.3, 0.4) is 0 Å². The van der Waals surface area contributed by atoms with Crippen molar-refractivity contribution in [1.82, 2.24) is 4.72 Å². The summed E-state index contributed by atoms with van der Waals surface area (Å²) < 4.78 is 41.2. The van der Waals surface area contributed by atoms with E-state index in [0.29, 0.717) is 6.54 Å². The maximum atomic E-state index is 13.8. The lowest BCUT2D eigenvalue weighted by atomic mass is 9.67. The predicted molar refractivity (Wildman–Crippen MR) is 84.1 cm³/mol. The molecule has 0 spiro atoms. The molecule has 21 heavy (non-hydrogen) atoms. The van der Waals surface area contributed by atoms with E-state index in [2.05, 4.69) is 11.6 Å². The molecule has 0 bridgehead atoms. The molecule has 2 rings (SSSR count). The molecule has 1 fully saturated rings. The molecule has 0 saturated heterocycles. The van der Waals surface area contributed by atoms with Crippen LogP contribution < -0.4 is 10.5 Å². The summed E-state index contributed by atoms with van der Waals surface area (Å²) in [7, 11) is -3.84. The highest BCUT2D eigenvalue weighted by atomic mass is 32.2. The van der Waals surface area contributed by atoms with E-state index < -0.39 is 15.8 Å². The molecule has 1 aromatic carbocycles. The number of nitrogens with one attached hydrogen (secondary N) is 1. The van der Waals surface area contributed by atoms with Crippen LogP contribution in [0.5, 0.6) is 0 Å². The molecule has 7 heteroatoms. The first-order chi connectivity index (χ1) is 9.81. The number of hydrogen-bond donors (Lipinski definition) is 2. The van der Waals surface area contributed by atoms with Crippen molar-refractivity contribution in [1.29, 1.82) is 0 Å². The lowest BCUT2D eigenvalue weighted by Gasteiger charge is -2.41. The molecule has 0 radical (unpaired) electrons. The van der Waals surface area contributed by atoms with Crippen molar-refractivity contribution in [3.63, 3.8) is 0 Å². The molecule has 1 aromatic rings. The molecule has 3 N–H and O–H groups in total. The van der Waals surface area contributed by atoms with Crippen LogP contribution in [0.4, 0.5) is 4.39 Å².